The van der Waals surface area contributed by atoms with Crippen LogP contribution in [0, 0.1) is 5.92 Å². The van der Waals surface area contributed by atoms with E-state index in [1.54, 1.807) is 12.1 Å². The Bertz CT molecular complexity index is 596. The van der Waals surface area contributed by atoms with Crippen molar-refractivity contribution in [1.29, 1.82) is 0 Å². The summed E-state index contributed by atoms with van der Waals surface area (Å²) in [6.07, 6.45) is 0. The summed E-state index contributed by atoms with van der Waals surface area (Å²) < 4.78 is 11.3. The lowest BCUT2D eigenvalue weighted by molar-refractivity contribution is -0.137. The van der Waals surface area contributed by atoms with Gasteiger partial charge in [0.25, 0.3) is 5.89 Å². The van der Waals surface area contributed by atoms with Crippen molar-refractivity contribution in [2.24, 2.45) is 5.92 Å². The van der Waals surface area contributed by atoms with E-state index < -0.39 is 11.2 Å². The van der Waals surface area contributed by atoms with Crippen molar-refractivity contribution in [2.45, 2.75) is 24.9 Å². The molecule has 1 N–H and O–H groups in total. The molecule has 2 aromatic rings. The van der Waals surface area contributed by atoms with Crippen molar-refractivity contribution in [3.8, 4) is 11.7 Å². The molecule has 2 aromatic heterocycles. The Morgan fingerprint density at radius 1 is 1.40 bits per heavy atom. The fraction of sp³-hybridized carbons (Fsp3) is 0.417. The first kappa shape index (κ1) is 15.1. The summed E-state index contributed by atoms with van der Waals surface area (Å²) >= 11 is 4.46. The van der Waals surface area contributed by atoms with Crippen molar-refractivity contribution < 1.29 is 18.7 Å². The number of hydrogen-bond donors (Lipinski definition) is 1. The molecule has 0 aliphatic rings. The highest BCUT2D eigenvalue weighted by atomic mass is 79.9. The van der Waals surface area contributed by atoms with Crippen molar-refractivity contribution in [2.75, 3.05) is 0 Å². The molecule has 0 saturated heterocycles. The molecule has 20 heavy (non-hydrogen) atoms. The molecule has 0 fully saturated rings. The van der Waals surface area contributed by atoms with E-state index in [0.29, 0.717) is 22.1 Å². The highest BCUT2D eigenvalue weighted by Crippen LogP contribution is 2.27. The summed E-state index contributed by atoms with van der Waals surface area (Å²) in [6, 6.07) is 3.44. The van der Waals surface area contributed by atoms with Gasteiger partial charge in [0.05, 0.1) is 5.75 Å². The normalized spacial score (nSPS) is 12.8. The van der Waals surface area contributed by atoms with Crippen LogP contribution in [0.2, 0.25) is 0 Å². The van der Waals surface area contributed by atoms with Crippen LogP contribution in [0.25, 0.3) is 11.7 Å². The van der Waals surface area contributed by atoms with Crippen LogP contribution >= 0.6 is 27.7 Å². The van der Waals surface area contributed by atoms with E-state index in [2.05, 4.69) is 26.1 Å². The van der Waals surface area contributed by atoms with E-state index in [4.69, 9.17) is 13.9 Å². The molecule has 0 bridgehead atoms. The van der Waals surface area contributed by atoms with E-state index in [0.717, 1.165) is 0 Å². The number of nitrogens with zero attached hydrogens (tertiary/aromatic N) is 2. The number of rotatable bonds is 6. The van der Waals surface area contributed by atoms with Gasteiger partial charge in [-0.2, -0.15) is 0 Å². The molecule has 6 nitrogen and oxygen atoms in total. The van der Waals surface area contributed by atoms with Crippen molar-refractivity contribution in [3.05, 3.63) is 22.7 Å². The van der Waals surface area contributed by atoms with Crippen LogP contribution < -0.4 is 0 Å². The SMILES string of the molecule is CC(C)C(SCc1nnc(-c2ccc(Br)o2)o1)C(=O)O. The fourth-order valence-electron chi connectivity index (χ4n) is 1.55. The van der Waals surface area contributed by atoms with Gasteiger partial charge in [0, 0.05) is 0 Å². The number of thioether (sulfide) groups is 1. The third-order valence-electron chi connectivity index (χ3n) is 2.49. The van der Waals surface area contributed by atoms with Crippen LogP contribution in [0.15, 0.2) is 25.6 Å². The summed E-state index contributed by atoms with van der Waals surface area (Å²) in [4.78, 5) is 11.1. The van der Waals surface area contributed by atoms with Crippen LogP contribution in [0.1, 0.15) is 19.7 Å². The number of aromatic nitrogens is 2. The molecule has 1 unspecified atom stereocenters. The average Bonchev–Trinajstić information content (AvgIpc) is 2.97. The van der Waals surface area contributed by atoms with E-state index >= 15 is 0 Å². The number of aliphatic carboxylic acids is 1. The first-order valence-electron chi connectivity index (χ1n) is 5.90. The van der Waals surface area contributed by atoms with Crippen LogP contribution in [0.3, 0.4) is 0 Å². The smallest absolute Gasteiger partial charge is 0.316 e. The largest absolute Gasteiger partial charge is 0.480 e. The standard InChI is InChI=1S/C12H13BrN2O4S/c1-6(2)10(12(16)17)20-5-9-14-15-11(19-9)7-3-4-8(13)18-7/h3-4,6,10H,5H2,1-2H3,(H,16,17). The first-order valence-corrected chi connectivity index (χ1v) is 7.74. The second kappa shape index (κ2) is 6.45. The summed E-state index contributed by atoms with van der Waals surface area (Å²) in [7, 11) is 0. The predicted octanol–water partition coefficient (Wildman–Crippen LogP) is 3.43. The second-order valence-corrected chi connectivity index (χ2v) is 6.33. The maximum absolute atomic E-state index is 11.1. The zero-order chi connectivity index (χ0) is 14.7. The molecular weight excluding hydrogens is 348 g/mol. The Kier molecular flexibility index (Phi) is 4.87. The first-order chi connectivity index (χ1) is 9.47. The lowest BCUT2D eigenvalue weighted by atomic mass is 10.1. The molecule has 0 aliphatic heterocycles. The van der Waals surface area contributed by atoms with Gasteiger partial charge in [-0.25, -0.2) is 0 Å². The Labute approximate surface area is 128 Å². The van der Waals surface area contributed by atoms with Gasteiger partial charge in [-0.3, -0.25) is 4.79 Å². The number of carboxylic acid groups (broad SMARTS) is 1. The third kappa shape index (κ3) is 3.63. The fourth-order valence-corrected chi connectivity index (χ4v) is 2.82. The van der Waals surface area contributed by atoms with Crippen molar-refractivity contribution >= 4 is 33.7 Å². The van der Waals surface area contributed by atoms with E-state index in [9.17, 15) is 4.79 Å². The summed E-state index contributed by atoms with van der Waals surface area (Å²) in [5.74, 6) is 0.677. The number of furan rings is 1. The molecule has 0 aliphatic carbocycles. The zero-order valence-corrected chi connectivity index (χ0v) is 13.3. The Morgan fingerprint density at radius 2 is 2.15 bits per heavy atom. The van der Waals surface area contributed by atoms with Crippen LogP contribution in [-0.2, 0) is 10.5 Å². The molecule has 2 rings (SSSR count). The monoisotopic (exact) mass is 360 g/mol. The highest BCUT2D eigenvalue weighted by Gasteiger charge is 2.23. The second-order valence-electron chi connectivity index (χ2n) is 4.42. The average molecular weight is 361 g/mol. The zero-order valence-electron chi connectivity index (χ0n) is 10.9. The van der Waals surface area contributed by atoms with Gasteiger partial charge in [-0.1, -0.05) is 13.8 Å². The van der Waals surface area contributed by atoms with Gasteiger partial charge >= 0.3 is 5.97 Å². The Morgan fingerprint density at radius 3 is 2.70 bits per heavy atom. The van der Waals surface area contributed by atoms with Crippen molar-refractivity contribution in [3.63, 3.8) is 0 Å². The number of hydrogen-bond acceptors (Lipinski definition) is 6. The molecule has 0 aromatic carbocycles. The van der Waals surface area contributed by atoms with E-state index in [1.165, 1.54) is 11.8 Å². The predicted molar refractivity (Wildman–Crippen MR) is 77.3 cm³/mol. The quantitative estimate of drug-likeness (QED) is 0.843. The summed E-state index contributed by atoms with van der Waals surface area (Å²) in [6.45, 7) is 3.73. The number of carboxylic acids is 1. The van der Waals surface area contributed by atoms with Gasteiger partial charge < -0.3 is 13.9 Å². The lowest BCUT2D eigenvalue weighted by Gasteiger charge is -2.13. The van der Waals surface area contributed by atoms with Crippen LogP contribution in [-0.4, -0.2) is 26.5 Å². The molecule has 8 heteroatoms. The van der Waals surface area contributed by atoms with Gasteiger partial charge in [0.15, 0.2) is 10.4 Å². The minimum atomic E-state index is -0.834. The Balaban J connectivity index is 2.01. The highest BCUT2D eigenvalue weighted by molar-refractivity contribution is 9.10. The van der Waals surface area contributed by atoms with Crippen LogP contribution in [0.4, 0.5) is 0 Å². The lowest BCUT2D eigenvalue weighted by Crippen LogP contribution is -2.22. The number of carbonyl (C=O) groups is 1. The molecule has 2 heterocycles. The summed E-state index contributed by atoms with van der Waals surface area (Å²) in [5, 5.41) is 16.4. The topological polar surface area (TPSA) is 89.4 Å². The molecule has 0 radical (unpaired) electrons. The number of halogens is 1. The van der Waals surface area contributed by atoms with Crippen molar-refractivity contribution in [1.82, 2.24) is 10.2 Å². The molecule has 0 spiro atoms. The molecule has 108 valence electrons. The minimum Gasteiger partial charge on any atom is -0.480 e. The molecular formula is C12H13BrN2O4S. The minimum absolute atomic E-state index is 0.0286. The van der Waals surface area contributed by atoms with E-state index in [1.807, 2.05) is 13.8 Å². The summed E-state index contributed by atoms with van der Waals surface area (Å²) in [5.41, 5.74) is 0. The van der Waals surface area contributed by atoms with Gasteiger partial charge in [0.1, 0.15) is 5.25 Å². The van der Waals surface area contributed by atoms with Crippen LogP contribution in [0.5, 0.6) is 0 Å². The molecule has 0 saturated carbocycles. The van der Waals surface area contributed by atoms with Gasteiger partial charge in [0.2, 0.25) is 5.89 Å². The third-order valence-corrected chi connectivity index (χ3v) is 4.43. The maximum Gasteiger partial charge on any atom is 0.316 e. The van der Waals surface area contributed by atoms with E-state index in [-0.39, 0.29) is 11.8 Å². The van der Waals surface area contributed by atoms with Gasteiger partial charge in [-0.05, 0) is 34.0 Å². The Hall–Kier alpha value is -1.28. The van der Waals surface area contributed by atoms with Gasteiger partial charge in [-0.15, -0.1) is 22.0 Å². The molecule has 1 atom stereocenters. The molecule has 0 amide bonds. The maximum atomic E-state index is 11.1.